The zero-order chi connectivity index (χ0) is 21.3. The molecule has 32 heavy (non-hydrogen) atoms. The van der Waals surface area contributed by atoms with Gasteiger partial charge in [-0.2, -0.15) is 0 Å². The molecule has 4 rings (SSSR count). The van der Waals surface area contributed by atoms with Gasteiger partial charge in [0.2, 0.25) is 0 Å². The van der Waals surface area contributed by atoms with Crippen LogP contribution in [0.25, 0.3) is 0 Å². The van der Waals surface area contributed by atoms with Crippen LogP contribution < -0.4 is 5.32 Å². The molecule has 0 atom stereocenters. The van der Waals surface area contributed by atoms with Crippen LogP contribution in [0, 0.1) is 0 Å². The highest BCUT2D eigenvalue weighted by Crippen LogP contribution is 2.25. The number of halogens is 1. The number of hydrogen-bond acceptors (Lipinski definition) is 4. The molecule has 6 nitrogen and oxygen atoms in total. The van der Waals surface area contributed by atoms with Crippen molar-refractivity contribution >= 4 is 29.9 Å². The summed E-state index contributed by atoms with van der Waals surface area (Å²) in [5, 5.41) is 7.54. The van der Waals surface area contributed by atoms with E-state index in [-0.39, 0.29) is 29.9 Å². The number of benzene rings is 2. The highest BCUT2D eigenvalue weighted by Gasteiger charge is 2.21. The molecule has 1 aliphatic heterocycles. The summed E-state index contributed by atoms with van der Waals surface area (Å²) in [5.41, 5.74) is 3.58. The van der Waals surface area contributed by atoms with Gasteiger partial charge in [-0.05, 0) is 18.1 Å². The Morgan fingerprint density at radius 3 is 2.12 bits per heavy atom. The molecule has 0 radical (unpaired) electrons. The quantitative estimate of drug-likeness (QED) is 0.274. The minimum Gasteiger partial charge on any atom is -0.364 e. The highest BCUT2D eigenvalue weighted by molar-refractivity contribution is 14.0. The molecule has 0 unspecified atom stereocenters. The van der Waals surface area contributed by atoms with Gasteiger partial charge in [-0.3, -0.25) is 9.89 Å². The third-order valence-electron chi connectivity index (χ3n) is 5.71. The van der Waals surface area contributed by atoms with Crippen LogP contribution in [0.4, 0.5) is 0 Å². The van der Waals surface area contributed by atoms with E-state index >= 15 is 0 Å². The number of aromatic nitrogens is 1. The van der Waals surface area contributed by atoms with E-state index in [9.17, 15) is 0 Å². The molecule has 2 aromatic carbocycles. The maximum Gasteiger partial charge on any atom is 0.194 e. The first-order valence-corrected chi connectivity index (χ1v) is 11.1. The summed E-state index contributed by atoms with van der Waals surface area (Å²) in [6, 6.07) is 23.3. The first-order chi connectivity index (χ1) is 15.3. The molecule has 2 heterocycles. The van der Waals surface area contributed by atoms with E-state index in [2.05, 4.69) is 87.9 Å². The zero-order valence-corrected chi connectivity index (χ0v) is 20.9. The molecule has 3 aromatic rings. The number of aliphatic imine (C=N–C) groups is 1. The van der Waals surface area contributed by atoms with E-state index in [1.165, 1.54) is 11.1 Å². The lowest BCUT2D eigenvalue weighted by atomic mass is 9.91. The number of piperazine rings is 1. The average Bonchev–Trinajstić information content (AvgIpc) is 3.34. The van der Waals surface area contributed by atoms with Gasteiger partial charge in [0.25, 0.3) is 0 Å². The smallest absolute Gasteiger partial charge is 0.194 e. The maximum absolute atomic E-state index is 5.08. The van der Waals surface area contributed by atoms with Crippen molar-refractivity contribution in [3.63, 3.8) is 0 Å². The predicted octanol–water partition coefficient (Wildman–Crippen LogP) is 4.21. The summed E-state index contributed by atoms with van der Waals surface area (Å²) < 4.78 is 4.96. The van der Waals surface area contributed by atoms with Crippen molar-refractivity contribution in [1.82, 2.24) is 20.3 Å². The van der Waals surface area contributed by atoms with Crippen molar-refractivity contribution in [2.45, 2.75) is 19.4 Å². The summed E-state index contributed by atoms with van der Waals surface area (Å²) in [7, 11) is 0. The molecular weight excluding hydrogens is 513 g/mol. The third-order valence-corrected chi connectivity index (χ3v) is 5.71. The van der Waals surface area contributed by atoms with Crippen LogP contribution in [-0.2, 0) is 6.54 Å². The fourth-order valence-electron chi connectivity index (χ4n) is 4.04. The van der Waals surface area contributed by atoms with E-state index in [1.807, 2.05) is 6.07 Å². The molecular formula is C25H32IN5O. The molecule has 1 saturated heterocycles. The Bertz CT molecular complexity index is 886. The van der Waals surface area contributed by atoms with E-state index < -0.39 is 0 Å². The first-order valence-electron chi connectivity index (χ1n) is 11.1. The summed E-state index contributed by atoms with van der Waals surface area (Å²) in [6.45, 7) is 8.41. The summed E-state index contributed by atoms with van der Waals surface area (Å²) in [5.74, 6) is 1.24. The lowest BCUT2D eigenvalue weighted by molar-refractivity contribution is 0.169. The lowest BCUT2D eigenvalue weighted by Crippen LogP contribution is -2.52. The Balaban J connectivity index is 0.00000289. The van der Waals surface area contributed by atoms with Gasteiger partial charge >= 0.3 is 0 Å². The van der Waals surface area contributed by atoms with Gasteiger partial charge in [-0.1, -0.05) is 65.8 Å². The molecule has 0 amide bonds. The predicted molar refractivity (Wildman–Crippen MR) is 139 cm³/mol. The molecule has 0 bridgehead atoms. The Kier molecular flexibility index (Phi) is 9.55. The third kappa shape index (κ3) is 6.56. The Morgan fingerprint density at radius 2 is 1.59 bits per heavy atom. The molecule has 0 saturated carbocycles. The maximum atomic E-state index is 5.08. The van der Waals surface area contributed by atoms with Gasteiger partial charge in [-0.15, -0.1) is 24.0 Å². The van der Waals surface area contributed by atoms with Crippen LogP contribution in [0.1, 0.15) is 29.7 Å². The van der Waals surface area contributed by atoms with Crippen molar-refractivity contribution in [3.8, 4) is 0 Å². The fraction of sp³-hybridized carbons (Fsp3) is 0.360. The summed E-state index contributed by atoms with van der Waals surface area (Å²) in [4.78, 5) is 9.86. The van der Waals surface area contributed by atoms with Gasteiger partial charge < -0.3 is 14.7 Å². The lowest BCUT2D eigenvalue weighted by Gasteiger charge is -2.36. The zero-order valence-electron chi connectivity index (χ0n) is 18.6. The van der Waals surface area contributed by atoms with Crippen LogP contribution >= 0.6 is 24.0 Å². The van der Waals surface area contributed by atoms with E-state index in [0.29, 0.717) is 0 Å². The average molecular weight is 545 g/mol. The van der Waals surface area contributed by atoms with E-state index in [0.717, 1.165) is 57.5 Å². The van der Waals surface area contributed by atoms with Crippen molar-refractivity contribution in [1.29, 1.82) is 0 Å². The minimum atomic E-state index is 0. The van der Waals surface area contributed by atoms with E-state index in [1.54, 1.807) is 6.26 Å². The summed E-state index contributed by atoms with van der Waals surface area (Å²) in [6.07, 6.45) is 1.64. The minimum absolute atomic E-state index is 0. The Labute approximate surface area is 207 Å². The van der Waals surface area contributed by atoms with Crippen LogP contribution in [0.5, 0.6) is 0 Å². The number of nitrogens with zero attached hydrogens (tertiary/aromatic N) is 4. The molecule has 0 spiro atoms. The largest absolute Gasteiger partial charge is 0.364 e. The van der Waals surface area contributed by atoms with Gasteiger partial charge in [-0.25, -0.2) is 0 Å². The second-order valence-electron chi connectivity index (χ2n) is 7.82. The molecule has 1 aliphatic rings. The van der Waals surface area contributed by atoms with Gasteiger partial charge in [0.05, 0.1) is 12.2 Å². The first kappa shape index (κ1) is 24.3. The van der Waals surface area contributed by atoms with Crippen molar-refractivity contribution in [2.75, 3.05) is 39.3 Å². The Morgan fingerprint density at radius 1 is 0.969 bits per heavy atom. The van der Waals surface area contributed by atoms with Crippen molar-refractivity contribution in [3.05, 3.63) is 89.8 Å². The second-order valence-corrected chi connectivity index (χ2v) is 7.82. The number of nitrogens with one attached hydrogen (secondary N) is 1. The van der Waals surface area contributed by atoms with Gasteiger partial charge in [0.15, 0.2) is 5.96 Å². The van der Waals surface area contributed by atoms with Crippen molar-refractivity contribution < 1.29 is 4.52 Å². The van der Waals surface area contributed by atoms with Gasteiger partial charge in [0, 0.05) is 51.3 Å². The molecule has 7 heteroatoms. The standard InChI is InChI=1S/C25H31N5O.HI/c1-2-26-25(30-16-14-29(15-17-30)20-23-13-18-31-28-23)27-19-24(21-9-5-3-6-10-21)22-11-7-4-8-12-22;/h3-13,18,24H,2,14-17,19-20H2,1H3,(H,26,27);1H. The topological polar surface area (TPSA) is 56.9 Å². The molecule has 0 aliphatic carbocycles. The normalized spacial score (nSPS) is 14.9. The number of hydrogen-bond donors (Lipinski definition) is 1. The second kappa shape index (κ2) is 12.6. The van der Waals surface area contributed by atoms with Crippen LogP contribution in [0.15, 0.2) is 82.5 Å². The van der Waals surface area contributed by atoms with Gasteiger partial charge in [0.1, 0.15) is 6.26 Å². The molecule has 170 valence electrons. The molecule has 1 N–H and O–H groups in total. The van der Waals surface area contributed by atoms with Crippen LogP contribution in [0.3, 0.4) is 0 Å². The number of guanidine groups is 1. The fourth-order valence-corrected chi connectivity index (χ4v) is 4.04. The molecule has 1 fully saturated rings. The van der Waals surface area contributed by atoms with Crippen LogP contribution in [0.2, 0.25) is 0 Å². The SMILES string of the molecule is CCNC(=NCC(c1ccccc1)c1ccccc1)N1CCN(Cc2ccon2)CC1.I. The monoisotopic (exact) mass is 545 g/mol. The Hall–Kier alpha value is -2.39. The van der Waals surface area contributed by atoms with Crippen LogP contribution in [-0.4, -0.2) is 60.2 Å². The molecule has 1 aromatic heterocycles. The van der Waals surface area contributed by atoms with Crippen molar-refractivity contribution in [2.24, 2.45) is 4.99 Å². The number of rotatable bonds is 7. The summed E-state index contributed by atoms with van der Waals surface area (Å²) >= 11 is 0. The highest BCUT2D eigenvalue weighted by atomic mass is 127. The van der Waals surface area contributed by atoms with E-state index in [4.69, 9.17) is 9.52 Å².